The smallest absolute Gasteiger partial charge is 0.241 e. The molecule has 1 heterocycles. The number of hydrogen-bond donors (Lipinski definition) is 2. The molecule has 2 rings (SSSR count). The molecule has 1 aromatic carbocycles. The Morgan fingerprint density at radius 1 is 1.29 bits per heavy atom. The van der Waals surface area contributed by atoms with Gasteiger partial charge in [0.15, 0.2) is 5.82 Å². The van der Waals surface area contributed by atoms with Gasteiger partial charge < -0.3 is 10.3 Å². The lowest BCUT2D eigenvalue weighted by atomic mass is 10.1. The van der Waals surface area contributed by atoms with Gasteiger partial charge in [-0.2, -0.15) is 4.98 Å². The largest absolute Gasteiger partial charge is 0.340 e. The molecule has 0 atom stereocenters. The quantitative estimate of drug-likeness (QED) is 0.850. The molecule has 0 unspecified atom stereocenters. The van der Waals surface area contributed by atoms with Crippen molar-refractivity contribution in [3.63, 3.8) is 0 Å². The number of rotatable bonds is 5. The molecule has 0 aliphatic heterocycles. The highest BCUT2D eigenvalue weighted by molar-refractivity contribution is 7.89. The first-order valence-corrected chi connectivity index (χ1v) is 7.91. The van der Waals surface area contributed by atoms with E-state index in [-0.39, 0.29) is 18.0 Å². The summed E-state index contributed by atoms with van der Waals surface area (Å²) in [5, 5.41) is 3.65. The summed E-state index contributed by atoms with van der Waals surface area (Å²) < 4.78 is 32.1. The minimum atomic E-state index is -3.66. The van der Waals surface area contributed by atoms with E-state index in [1.807, 2.05) is 13.0 Å². The number of aryl methyl sites for hydroxylation is 2. The van der Waals surface area contributed by atoms with Gasteiger partial charge >= 0.3 is 0 Å². The molecule has 0 aliphatic carbocycles. The highest BCUT2D eigenvalue weighted by atomic mass is 32.2. The zero-order valence-corrected chi connectivity index (χ0v) is 13.0. The minimum absolute atomic E-state index is 0.0228. The van der Waals surface area contributed by atoms with Crippen molar-refractivity contribution in [2.24, 2.45) is 5.73 Å². The number of nitrogens with zero attached hydrogens (tertiary/aromatic N) is 2. The molecule has 1 aromatic heterocycles. The standard InChI is InChI=1S/C13H18N4O3S/c1-8-4-11(6-14)5-12(9(8)2)21(18,19)15-7-13-16-10(3)20-17-13/h4-5,15H,6-7,14H2,1-3H3. The molecule has 8 heteroatoms. The van der Waals surface area contributed by atoms with Crippen LogP contribution in [0.15, 0.2) is 21.6 Å². The number of benzene rings is 1. The zero-order chi connectivity index (χ0) is 15.6. The van der Waals surface area contributed by atoms with Gasteiger partial charge in [0.25, 0.3) is 0 Å². The van der Waals surface area contributed by atoms with Gasteiger partial charge in [0.05, 0.1) is 11.4 Å². The summed E-state index contributed by atoms with van der Waals surface area (Å²) in [6.07, 6.45) is 0. The van der Waals surface area contributed by atoms with E-state index in [0.29, 0.717) is 17.3 Å². The Hall–Kier alpha value is -1.77. The van der Waals surface area contributed by atoms with Crippen molar-refractivity contribution in [2.45, 2.75) is 38.8 Å². The van der Waals surface area contributed by atoms with E-state index in [2.05, 4.69) is 14.9 Å². The summed E-state index contributed by atoms with van der Waals surface area (Å²) in [7, 11) is -3.66. The van der Waals surface area contributed by atoms with Crippen molar-refractivity contribution in [3.8, 4) is 0 Å². The van der Waals surface area contributed by atoms with Crippen LogP contribution in [-0.2, 0) is 23.1 Å². The predicted octanol–water partition coefficient (Wildman–Crippen LogP) is 0.932. The Morgan fingerprint density at radius 2 is 2.00 bits per heavy atom. The molecule has 3 N–H and O–H groups in total. The fraction of sp³-hybridized carbons (Fsp3) is 0.385. The van der Waals surface area contributed by atoms with E-state index in [0.717, 1.165) is 11.1 Å². The van der Waals surface area contributed by atoms with Crippen LogP contribution in [-0.4, -0.2) is 18.6 Å². The van der Waals surface area contributed by atoms with Gasteiger partial charge in [0.1, 0.15) is 0 Å². The molecule has 0 saturated heterocycles. The third kappa shape index (κ3) is 3.46. The van der Waals surface area contributed by atoms with Crippen LogP contribution in [0.25, 0.3) is 0 Å². The second-order valence-corrected chi connectivity index (χ2v) is 6.53. The average molecular weight is 310 g/mol. The van der Waals surface area contributed by atoms with Crippen molar-refractivity contribution in [3.05, 3.63) is 40.5 Å². The molecular weight excluding hydrogens is 292 g/mol. The SMILES string of the molecule is Cc1nc(CNS(=O)(=O)c2cc(CN)cc(C)c2C)no1. The van der Waals surface area contributed by atoms with Crippen LogP contribution in [0.1, 0.15) is 28.4 Å². The maximum absolute atomic E-state index is 12.4. The molecule has 7 nitrogen and oxygen atoms in total. The maximum atomic E-state index is 12.4. The Balaban J connectivity index is 2.29. The molecule has 0 saturated carbocycles. The third-order valence-electron chi connectivity index (χ3n) is 3.19. The van der Waals surface area contributed by atoms with Crippen LogP contribution in [0.3, 0.4) is 0 Å². The number of sulfonamides is 1. The number of hydrogen-bond acceptors (Lipinski definition) is 6. The van der Waals surface area contributed by atoms with Gasteiger partial charge in [-0.3, -0.25) is 0 Å². The summed E-state index contributed by atoms with van der Waals surface area (Å²) >= 11 is 0. The molecule has 0 amide bonds. The van der Waals surface area contributed by atoms with Crippen molar-refractivity contribution < 1.29 is 12.9 Å². The van der Waals surface area contributed by atoms with Gasteiger partial charge in [-0.25, -0.2) is 13.1 Å². The van der Waals surface area contributed by atoms with E-state index in [9.17, 15) is 8.42 Å². The molecule has 0 aliphatic rings. The summed E-state index contributed by atoms with van der Waals surface area (Å²) in [5.41, 5.74) is 7.95. The molecule has 0 radical (unpaired) electrons. The van der Waals surface area contributed by atoms with Crippen molar-refractivity contribution >= 4 is 10.0 Å². The third-order valence-corrected chi connectivity index (χ3v) is 4.72. The Labute approximate surface area is 123 Å². The van der Waals surface area contributed by atoms with Crippen LogP contribution < -0.4 is 10.5 Å². The van der Waals surface area contributed by atoms with Gasteiger partial charge in [-0.1, -0.05) is 11.2 Å². The molecule has 0 bridgehead atoms. The fourth-order valence-electron chi connectivity index (χ4n) is 1.95. The molecule has 21 heavy (non-hydrogen) atoms. The first kappa shape index (κ1) is 15.6. The number of aromatic nitrogens is 2. The molecule has 0 fully saturated rings. The lowest BCUT2D eigenvalue weighted by Gasteiger charge is -2.12. The fourth-order valence-corrected chi connectivity index (χ4v) is 3.29. The summed E-state index contributed by atoms with van der Waals surface area (Å²) in [6.45, 7) is 5.53. The van der Waals surface area contributed by atoms with Crippen LogP contribution in [0, 0.1) is 20.8 Å². The van der Waals surface area contributed by atoms with E-state index in [4.69, 9.17) is 10.3 Å². The van der Waals surface area contributed by atoms with Crippen LogP contribution >= 0.6 is 0 Å². The first-order valence-electron chi connectivity index (χ1n) is 6.42. The molecule has 2 aromatic rings. The highest BCUT2D eigenvalue weighted by Crippen LogP contribution is 2.21. The number of nitrogens with one attached hydrogen (secondary N) is 1. The van der Waals surface area contributed by atoms with Crippen LogP contribution in [0.2, 0.25) is 0 Å². The van der Waals surface area contributed by atoms with E-state index >= 15 is 0 Å². The van der Waals surface area contributed by atoms with Crippen molar-refractivity contribution in [2.75, 3.05) is 0 Å². The normalized spacial score (nSPS) is 11.8. The molecule has 114 valence electrons. The summed E-state index contributed by atoms with van der Waals surface area (Å²) in [4.78, 5) is 4.18. The van der Waals surface area contributed by atoms with Crippen molar-refractivity contribution in [1.82, 2.24) is 14.9 Å². The Kier molecular flexibility index (Phi) is 4.40. The van der Waals surface area contributed by atoms with E-state index in [1.54, 1.807) is 19.9 Å². The average Bonchev–Trinajstić information content (AvgIpc) is 2.85. The monoisotopic (exact) mass is 310 g/mol. The Morgan fingerprint density at radius 3 is 2.57 bits per heavy atom. The first-order chi connectivity index (χ1) is 9.83. The topological polar surface area (TPSA) is 111 Å². The zero-order valence-electron chi connectivity index (χ0n) is 12.2. The van der Waals surface area contributed by atoms with Gasteiger partial charge in [0, 0.05) is 13.5 Å². The second kappa shape index (κ2) is 5.92. The Bertz CT molecular complexity index is 753. The van der Waals surface area contributed by atoms with E-state index in [1.165, 1.54) is 0 Å². The minimum Gasteiger partial charge on any atom is -0.340 e. The van der Waals surface area contributed by atoms with Crippen LogP contribution in [0.4, 0.5) is 0 Å². The summed E-state index contributed by atoms with van der Waals surface area (Å²) in [6, 6.07) is 3.48. The van der Waals surface area contributed by atoms with Gasteiger partial charge in [0.2, 0.25) is 15.9 Å². The van der Waals surface area contributed by atoms with Crippen molar-refractivity contribution in [1.29, 1.82) is 0 Å². The lowest BCUT2D eigenvalue weighted by molar-refractivity contribution is 0.387. The predicted molar refractivity (Wildman–Crippen MR) is 76.9 cm³/mol. The number of nitrogens with two attached hydrogens (primary N) is 1. The second-order valence-electron chi connectivity index (χ2n) is 4.79. The van der Waals surface area contributed by atoms with Gasteiger partial charge in [-0.05, 0) is 36.6 Å². The summed E-state index contributed by atoms with van der Waals surface area (Å²) in [5.74, 6) is 0.682. The van der Waals surface area contributed by atoms with E-state index < -0.39 is 10.0 Å². The lowest BCUT2D eigenvalue weighted by Crippen LogP contribution is -2.25. The van der Waals surface area contributed by atoms with Crippen LogP contribution in [0.5, 0.6) is 0 Å². The maximum Gasteiger partial charge on any atom is 0.241 e. The molecular formula is C13H18N4O3S. The highest BCUT2D eigenvalue weighted by Gasteiger charge is 2.19. The van der Waals surface area contributed by atoms with Gasteiger partial charge in [-0.15, -0.1) is 0 Å². The molecule has 0 spiro atoms.